The molecule has 39 heavy (non-hydrogen) atoms. The molecule has 4 rings (SSSR count). The zero-order chi connectivity index (χ0) is 28.4. The van der Waals surface area contributed by atoms with Crippen molar-refractivity contribution in [1.82, 2.24) is 24.6 Å². The van der Waals surface area contributed by atoms with E-state index in [0.717, 1.165) is 16.6 Å². The zero-order valence-electron chi connectivity index (χ0n) is 23.5. The smallest absolute Gasteiger partial charge is 0.256 e. The molecule has 2 N–H and O–H groups in total. The number of nitrogens with zero attached hydrogens (tertiary/aromatic N) is 5. The number of aromatic nitrogens is 2. The van der Waals surface area contributed by atoms with E-state index in [-0.39, 0.29) is 55.5 Å². The summed E-state index contributed by atoms with van der Waals surface area (Å²) in [6, 6.07) is 7.10. The summed E-state index contributed by atoms with van der Waals surface area (Å²) in [7, 11) is 1.87. The topological polar surface area (TPSA) is 131 Å². The summed E-state index contributed by atoms with van der Waals surface area (Å²) in [5.74, 6) is -1.04. The number of benzene rings is 1. The fraction of sp³-hybridized carbons (Fsp3) is 0.607. The van der Waals surface area contributed by atoms with Gasteiger partial charge in [-0.25, -0.2) is 0 Å². The molecule has 2 aliphatic rings. The second kappa shape index (κ2) is 11.7. The Morgan fingerprint density at radius 3 is 2.41 bits per heavy atom. The molecule has 3 heterocycles. The average Bonchev–Trinajstić information content (AvgIpc) is 3.19. The van der Waals surface area contributed by atoms with Gasteiger partial charge in [-0.1, -0.05) is 45.9 Å². The molecule has 4 amide bonds. The summed E-state index contributed by atoms with van der Waals surface area (Å²) in [6.45, 7) is 8.12. The van der Waals surface area contributed by atoms with Crippen molar-refractivity contribution in [2.45, 2.75) is 78.1 Å². The number of fused-ring (bicyclic) bond motifs is 2. The van der Waals surface area contributed by atoms with Crippen LogP contribution in [0, 0.1) is 11.8 Å². The highest BCUT2D eigenvalue weighted by Crippen LogP contribution is 2.32. The van der Waals surface area contributed by atoms with Crippen LogP contribution < -0.4 is 5.73 Å². The van der Waals surface area contributed by atoms with E-state index in [4.69, 9.17) is 10.6 Å². The number of rotatable bonds is 10. The predicted octanol–water partition coefficient (Wildman–Crippen LogP) is 1.98. The highest BCUT2D eigenvalue weighted by atomic mass is 16.7. The maximum Gasteiger partial charge on any atom is 0.256 e. The maximum atomic E-state index is 13.7. The molecule has 11 heteroatoms. The molecule has 0 bridgehead atoms. The van der Waals surface area contributed by atoms with E-state index < -0.39 is 24.2 Å². The summed E-state index contributed by atoms with van der Waals surface area (Å²) >= 11 is 0. The number of nitrogens with two attached hydrogens (primary N) is 1. The Morgan fingerprint density at radius 1 is 1.05 bits per heavy atom. The van der Waals surface area contributed by atoms with Crippen molar-refractivity contribution in [3.8, 4) is 0 Å². The fourth-order valence-corrected chi connectivity index (χ4v) is 5.53. The van der Waals surface area contributed by atoms with Crippen LogP contribution in [-0.4, -0.2) is 79.7 Å². The van der Waals surface area contributed by atoms with Crippen molar-refractivity contribution in [3.63, 3.8) is 0 Å². The minimum absolute atomic E-state index is 0.00165. The normalized spacial score (nSPS) is 21.8. The molecule has 2 aliphatic heterocycles. The van der Waals surface area contributed by atoms with E-state index in [1.54, 1.807) is 9.58 Å². The van der Waals surface area contributed by atoms with E-state index in [9.17, 15) is 19.2 Å². The van der Waals surface area contributed by atoms with Gasteiger partial charge in [0.1, 0.15) is 6.04 Å². The largest absolute Gasteiger partial charge is 0.370 e. The van der Waals surface area contributed by atoms with Crippen molar-refractivity contribution < 1.29 is 24.0 Å². The minimum Gasteiger partial charge on any atom is -0.370 e. The molecule has 0 saturated carbocycles. The molecule has 2 aromatic rings. The molecule has 2 saturated heterocycles. The molecule has 1 aromatic heterocycles. The van der Waals surface area contributed by atoms with Crippen molar-refractivity contribution >= 4 is 34.5 Å². The van der Waals surface area contributed by atoms with Gasteiger partial charge in [0.2, 0.25) is 17.7 Å². The molecule has 0 unspecified atom stereocenters. The van der Waals surface area contributed by atoms with E-state index in [1.165, 1.54) is 9.96 Å². The monoisotopic (exact) mass is 540 g/mol. The van der Waals surface area contributed by atoms with Gasteiger partial charge in [-0.2, -0.15) is 10.2 Å². The summed E-state index contributed by atoms with van der Waals surface area (Å²) in [6.07, 6.45) is -0.273. The van der Waals surface area contributed by atoms with Gasteiger partial charge < -0.3 is 15.5 Å². The first kappa shape index (κ1) is 28.5. The second-order valence-corrected chi connectivity index (χ2v) is 11.4. The Labute approximate surface area is 229 Å². The zero-order valence-corrected chi connectivity index (χ0v) is 23.5. The van der Waals surface area contributed by atoms with E-state index in [2.05, 4.69) is 5.10 Å². The number of carbonyl (C=O) groups excluding carboxylic acids is 4. The third-order valence-electron chi connectivity index (χ3n) is 7.34. The van der Waals surface area contributed by atoms with Crippen molar-refractivity contribution in [3.05, 3.63) is 30.0 Å². The first-order valence-corrected chi connectivity index (χ1v) is 13.8. The summed E-state index contributed by atoms with van der Waals surface area (Å²) in [5, 5.41) is 6.89. The highest BCUT2D eigenvalue weighted by molar-refractivity contribution is 5.92. The van der Waals surface area contributed by atoms with Crippen molar-refractivity contribution in [2.24, 2.45) is 24.6 Å². The van der Waals surface area contributed by atoms with Gasteiger partial charge >= 0.3 is 0 Å². The van der Waals surface area contributed by atoms with Gasteiger partial charge in [-0.3, -0.25) is 28.7 Å². The van der Waals surface area contributed by atoms with Gasteiger partial charge in [0.25, 0.3) is 5.91 Å². The van der Waals surface area contributed by atoms with E-state index in [1.807, 2.05) is 59.0 Å². The lowest BCUT2D eigenvalue weighted by molar-refractivity contribution is -0.277. The highest BCUT2D eigenvalue weighted by Gasteiger charge is 2.52. The number of hydrogen-bond acceptors (Lipinski definition) is 6. The van der Waals surface area contributed by atoms with Crippen LogP contribution in [-0.2, 0) is 37.5 Å². The van der Waals surface area contributed by atoms with E-state index >= 15 is 0 Å². The average molecular weight is 541 g/mol. The molecule has 1 aromatic carbocycles. The van der Waals surface area contributed by atoms with Crippen LogP contribution in [0.1, 0.15) is 59.1 Å². The van der Waals surface area contributed by atoms with Crippen LogP contribution in [0.15, 0.2) is 24.3 Å². The Morgan fingerprint density at radius 2 is 1.74 bits per heavy atom. The van der Waals surface area contributed by atoms with Crippen LogP contribution in [0.3, 0.4) is 0 Å². The number of hydroxylamine groups is 2. The number of para-hydroxylation sites is 1. The van der Waals surface area contributed by atoms with Crippen LogP contribution in [0.5, 0.6) is 0 Å². The summed E-state index contributed by atoms with van der Waals surface area (Å²) in [5.41, 5.74) is 7.15. The van der Waals surface area contributed by atoms with Gasteiger partial charge in [-0.05, 0) is 30.7 Å². The second-order valence-electron chi connectivity index (χ2n) is 11.4. The number of aryl methyl sites for hydroxylation is 2. The predicted molar refractivity (Wildman–Crippen MR) is 144 cm³/mol. The van der Waals surface area contributed by atoms with Crippen molar-refractivity contribution in [1.29, 1.82) is 0 Å². The third kappa shape index (κ3) is 6.08. The van der Waals surface area contributed by atoms with Crippen LogP contribution in [0.4, 0.5) is 0 Å². The summed E-state index contributed by atoms with van der Waals surface area (Å²) in [4.78, 5) is 61.7. The first-order chi connectivity index (χ1) is 18.5. The third-order valence-corrected chi connectivity index (χ3v) is 7.34. The van der Waals surface area contributed by atoms with Crippen molar-refractivity contribution in [2.75, 3.05) is 13.1 Å². The number of piperazine rings is 1. The quantitative estimate of drug-likeness (QED) is 0.490. The number of amides is 4. The maximum absolute atomic E-state index is 13.7. The Kier molecular flexibility index (Phi) is 8.58. The number of carbonyl (C=O) groups is 4. The first-order valence-electron chi connectivity index (χ1n) is 13.8. The van der Waals surface area contributed by atoms with Gasteiger partial charge in [0.05, 0.1) is 17.8 Å². The molecule has 3 atom stereocenters. The number of hydrogen-bond donors (Lipinski definition) is 1. The molecule has 212 valence electrons. The molecule has 0 spiro atoms. The lowest BCUT2D eigenvalue weighted by Crippen LogP contribution is -2.73. The lowest BCUT2D eigenvalue weighted by atomic mass is 9.95. The molecular formula is C28H40N6O5. The lowest BCUT2D eigenvalue weighted by Gasteiger charge is -2.53. The van der Waals surface area contributed by atoms with Gasteiger partial charge in [0, 0.05) is 38.2 Å². The molecule has 0 radical (unpaired) electrons. The summed E-state index contributed by atoms with van der Waals surface area (Å²) < 4.78 is 1.80. The molecule has 0 aliphatic carbocycles. The minimum atomic E-state index is -0.861. The van der Waals surface area contributed by atoms with Crippen LogP contribution >= 0.6 is 0 Å². The molecular weight excluding hydrogens is 500 g/mol. The van der Waals surface area contributed by atoms with E-state index in [0.29, 0.717) is 19.3 Å². The van der Waals surface area contributed by atoms with Gasteiger partial charge in [0.15, 0.2) is 12.3 Å². The Balaban J connectivity index is 1.63. The fourth-order valence-electron chi connectivity index (χ4n) is 5.53. The molecule has 11 nitrogen and oxygen atoms in total. The standard InChI is InChI=1S/C28H40N6O5/c1-17(2)14-22-27(37)32(13-12-24(29)35)16-25-33(22)28(38)23(15-18(3)4)39-34(25)26(36)11-10-20-19-8-6-7-9-21(19)31(5)30-20/h6-9,17-18,22-23,25H,10-16H2,1-5H3,(H2,29,35)/t22-,23+,25-/m0/s1. The number of primary amides is 1. The Hall–Kier alpha value is -3.47. The molecule has 2 fully saturated rings. The SMILES string of the molecule is CC(C)C[C@H]1ON(C(=O)CCc2nn(C)c3ccccc23)[C@H]2CN(CCC(N)=O)C(=O)[C@H](CC(C)C)N2C1=O. The van der Waals surface area contributed by atoms with Crippen LogP contribution in [0.25, 0.3) is 10.9 Å². The van der Waals surface area contributed by atoms with Crippen LogP contribution in [0.2, 0.25) is 0 Å². The Bertz CT molecular complexity index is 1240. The van der Waals surface area contributed by atoms with Gasteiger partial charge in [-0.15, -0.1) is 0 Å².